The minimum Gasteiger partial charge on any atom is -0.444 e. The van der Waals surface area contributed by atoms with Gasteiger partial charge in [0.25, 0.3) is 0 Å². The maximum Gasteiger partial charge on any atom is 0.411 e. The van der Waals surface area contributed by atoms with Gasteiger partial charge in [0.2, 0.25) is 5.91 Å². The van der Waals surface area contributed by atoms with E-state index in [-0.39, 0.29) is 18.5 Å². The number of hydrogen-bond donors (Lipinski definition) is 1. The third-order valence-corrected chi connectivity index (χ3v) is 3.00. The van der Waals surface area contributed by atoms with E-state index in [0.717, 1.165) is 5.56 Å². The second kappa shape index (κ2) is 5.53. The Balaban J connectivity index is 2.21. The molecule has 0 spiro atoms. The van der Waals surface area contributed by atoms with Crippen molar-refractivity contribution in [1.82, 2.24) is 10.2 Å². The Morgan fingerprint density at radius 3 is 2.55 bits per heavy atom. The van der Waals surface area contributed by atoms with Crippen molar-refractivity contribution >= 4 is 12.0 Å². The fraction of sp³-hybridized carbons (Fsp3) is 0.467. The first-order valence-electron chi connectivity index (χ1n) is 6.68. The van der Waals surface area contributed by atoms with Gasteiger partial charge in [-0.25, -0.2) is 4.79 Å². The van der Waals surface area contributed by atoms with E-state index in [1.54, 1.807) is 0 Å². The molecule has 1 aliphatic rings. The van der Waals surface area contributed by atoms with Crippen molar-refractivity contribution in [2.45, 2.75) is 32.4 Å². The quantitative estimate of drug-likeness (QED) is 0.854. The highest BCUT2D eigenvalue weighted by atomic mass is 16.6. The Bertz CT molecular complexity index is 494. The Morgan fingerprint density at radius 2 is 1.95 bits per heavy atom. The number of amides is 2. The Morgan fingerprint density at radius 1 is 1.30 bits per heavy atom. The number of rotatable bonds is 1. The van der Waals surface area contributed by atoms with Gasteiger partial charge in [0.05, 0.1) is 6.04 Å². The van der Waals surface area contributed by atoms with E-state index in [1.807, 2.05) is 51.1 Å². The summed E-state index contributed by atoms with van der Waals surface area (Å²) in [6.45, 7) is 5.86. The van der Waals surface area contributed by atoms with Gasteiger partial charge in [-0.15, -0.1) is 0 Å². The minimum atomic E-state index is -0.577. The minimum absolute atomic E-state index is 0.0223. The average molecular weight is 276 g/mol. The standard InChI is InChI=1S/C15H20N2O3/c1-15(2,3)20-14(19)17-10-13(18)16-9-12(17)11-7-5-4-6-8-11/h4-8,12H,9-10H2,1-3H3,(H,16,18). The zero-order valence-electron chi connectivity index (χ0n) is 12.1. The summed E-state index contributed by atoms with van der Waals surface area (Å²) in [7, 11) is 0. The predicted molar refractivity (Wildman–Crippen MR) is 75.1 cm³/mol. The first kappa shape index (κ1) is 14.4. The summed E-state index contributed by atoms with van der Waals surface area (Å²) >= 11 is 0. The SMILES string of the molecule is CC(C)(C)OC(=O)N1CC(=O)NCC1c1ccccc1. The number of carbonyl (C=O) groups is 2. The van der Waals surface area contributed by atoms with E-state index in [1.165, 1.54) is 4.90 Å². The maximum atomic E-state index is 12.3. The number of ether oxygens (including phenoxy) is 1. The van der Waals surface area contributed by atoms with E-state index in [2.05, 4.69) is 5.32 Å². The van der Waals surface area contributed by atoms with E-state index in [4.69, 9.17) is 4.74 Å². The molecule has 5 nitrogen and oxygen atoms in total. The summed E-state index contributed by atoms with van der Waals surface area (Å²) in [6.07, 6.45) is -0.457. The molecule has 20 heavy (non-hydrogen) atoms. The molecular formula is C15H20N2O3. The van der Waals surface area contributed by atoms with Crippen LogP contribution in [0.15, 0.2) is 30.3 Å². The number of benzene rings is 1. The van der Waals surface area contributed by atoms with Gasteiger partial charge >= 0.3 is 6.09 Å². The molecule has 0 bridgehead atoms. The monoisotopic (exact) mass is 276 g/mol. The van der Waals surface area contributed by atoms with E-state index >= 15 is 0 Å². The average Bonchev–Trinajstić information content (AvgIpc) is 2.37. The topological polar surface area (TPSA) is 58.6 Å². The van der Waals surface area contributed by atoms with Gasteiger partial charge in [0.15, 0.2) is 0 Å². The van der Waals surface area contributed by atoms with Crippen LogP contribution in [0, 0.1) is 0 Å². The van der Waals surface area contributed by atoms with Crippen molar-refractivity contribution in [3.63, 3.8) is 0 Å². The Hall–Kier alpha value is -2.04. The van der Waals surface area contributed by atoms with E-state index in [9.17, 15) is 9.59 Å². The van der Waals surface area contributed by atoms with Crippen LogP contribution in [0.25, 0.3) is 0 Å². The molecule has 1 aromatic carbocycles. The predicted octanol–water partition coefficient (Wildman–Crippen LogP) is 2.09. The molecule has 1 aromatic rings. The molecule has 0 radical (unpaired) electrons. The second-order valence-corrected chi connectivity index (χ2v) is 5.84. The highest BCUT2D eigenvalue weighted by Gasteiger charge is 2.34. The van der Waals surface area contributed by atoms with Gasteiger partial charge in [-0.2, -0.15) is 0 Å². The highest BCUT2D eigenvalue weighted by Crippen LogP contribution is 2.24. The molecule has 1 heterocycles. The van der Waals surface area contributed by atoms with Crippen LogP contribution in [0.4, 0.5) is 4.79 Å². The van der Waals surface area contributed by atoms with Crippen LogP contribution in [0.5, 0.6) is 0 Å². The van der Waals surface area contributed by atoms with E-state index in [0.29, 0.717) is 6.54 Å². The van der Waals surface area contributed by atoms with Crippen LogP contribution in [-0.2, 0) is 9.53 Å². The van der Waals surface area contributed by atoms with Crippen LogP contribution in [-0.4, -0.2) is 35.6 Å². The van der Waals surface area contributed by atoms with Gasteiger partial charge in [-0.3, -0.25) is 9.69 Å². The number of carbonyl (C=O) groups excluding carboxylic acids is 2. The zero-order valence-corrected chi connectivity index (χ0v) is 12.1. The third-order valence-electron chi connectivity index (χ3n) is 3.00. The smallest absolute Gasteiger partial charge is 0.411 e. The van der Waals surface area contributed by atoms with Gasteiger partial charge in [-0.1, -0.05) is 30.3 Å². The van der Waals surface area contributed by atoms with Gasteiger partial charge < -0.3 is 10.1 Å². The van der Waals surface area contributed by atoms with Crippen LogP contribution < -0.4 is 5.32 Å². The zero-order chi connectivity index (χ0) is 14.8. The second-order valence-electron chi connectivity index (χ2n) is 5.84. The molecule has 0 saturated carbocycles. The summed E-state index contributed by atoms with van der Waals surface area (Å²) < 4.78 is 5.38. The lowest BCUT2D eigenvalue weighted by atomic mass is 10.0. The Labute approximate surface area is 118 Å². The molecule has 5 heteroatoms. The number of nitrogens with one attached hydrogen (secondary N) is 1. The summed E-state index contributed by atoms with van der Waals surface area (Å²) in [5, 5.41) is 2.79. The molecular weight excluding hydrogens is 256 g/mol. The number of piperazine rings is 1. The summed E-state index contributed by atoms with van der Waals surface area (Å²) in [6, 6.07) is 9.45. The third kappa shape index (κ3) is 3.50. The summed E-state index contributed by atoms with van der Waals surface area (Å²) in [5.41, 5.74) is 0.407. The lowest BCUT2D eigenvalue weighted by Crippen LogP contribution is -2.52. The van der Waals surface area contributed by atoms with Gasteiger partial charge in [0.1, 0.15) is 12.1 Å². The lowest BCUT2D eigenvalue weighted by molar-refractivity contribution is -0.125. The molecule has 1 atom stereocenters. The summed E-state index contributed by atoms with van der Waals surface area (Å²) in [4.78, 5) is 25.3. The maximum absolute atomic E-state index is 12.3. The number of hydrogen-bond acceptors (Lipinski definition) is 3. The molecule has 108 valence electrons. The first-order valence-corrected chi connectivity index (χ1v) is 6.68. The molecule has 0 aromatic heterocycles. The van der Waals surface area contributed by atoms with Crippen LogP contribution in [0.3, 0.4) is 0 Å². The molecule has 0 aliphatic carbocycles. The fourth-order valence-corrected chi connectivity index (χ4v) is 2.13. The molecule has 2 rings (SSSR count). The normalized spacial score (nSPS) is 19.4. The highest BCUT2D eigenvalue weighted by molar-refractivity contribution is 5.84. The van der Waals surface area contributed by atoms with Gasteiger partial charge in [-0.05, 0) is 26.3 Å². The van der Waals surface area contributed by atoms with Crippen molar-refractivity contribution in [1.29, 1.82) is 0 Å². The van der Waals surface area contributed by atoms with Crippen molar-refractivity contribution < 1.29 is 14.3 Å². The molecule has 1 saturated heterocycles. The van der Waals surface area contributed by atoms with Crippen molar-refractivity contribution in [3.05, 3.63) is 35.9 Å². The van der Waals surface area contributed by atoms with Crippen LogP contribution in [0.1, 0.15) is 32.4 Å². The van der Waals surface area contributed by atoms with Crippen molar-refractivity contribution in [3.8, 4) is 0 Å². The largest absolute Gasteiger partial charge is 0.444 e. The number of nitrogens with zero attached hydrogens (tertiary/aromatic N) is 1. The van der Waals surface area contributed by atoms with Crippen molar-refractivity contribution in [2.75, 3.05) is 13.1 Å². The molecule has 1 unspecified atom stereocenters. The van der Waals surface area contributed by atoms with Crippen LogP contribution in [0.2, 0.25) is 0 Å². The molecule has 1 aliphatic heterocycles. The van der Waals surface area contributed by atoms with Gasteiger partial charge in [0, 0.05) is 6.54 Å². The molecule has 2 amide bonds. The van der Waals surface area contributed by atoms with E-state index < -0.39 is 11.7 Å². The van der Waals surface area contributed by atoms with Crippen LogP contribution >= 0.6 is 0 Å². The Kier molecular flexibility index (Phi) is 3.97. The van der Waals surface area contributed by atoms with Crippen molar-refractivity contribution in [2.24, 2.45) is 0 Å². The summed E-state index contributed by atoms with van der Waals surface area (Å²) in [5.74, 6) is -0.164. The molecule has 1 fully saturated rings. The molecule has 1 N–H and O–H groups in total. The first-order chi connectivity index (χ1) is 9.37. The fourth-order valence-electron chi connectivity index (χ4n) is 2.13. The lowest BCUT2D eigenvalue weighted by Gasteiger charge is -2.36.